The molecule has 0 bridgehead atoms. The van der Waals surface area contributed by atoms with Gasteiger partial charge in [-0.05, 0) is 61.9 Å². The summed E-state index contributed by atoms with van der Waals surface area (Å²) in [7, 11) is -3.79. The molecule has 0 aliphatic heterocycles. The van der Waals surface area contributed by atoms with Crippen molar-refractivity contribution in [1.82, 2.24) is 0 Å². The molecule has 3 aromatic rings. The van der Waals surface area contributed by atoms with Gasteiger partial charge in [-0.1, -0.05) is 47.0 Å². The molecule has 3 rings (SSSR count). The van der Waals surface area contributed by atoms with Crippen LogP contribution in [0.5, 0.6) is 0 Å². The van der Waals surface area contributed by atoms with E-state index in [-0.39, 0.29) is 27.1 Å². The van der Waals surface area contributed by atoms with Gasteiger partial charge in [0.05, 0.1) is 15.6 Å². The highest BCUT2D eigenvalue weighted by Gasteiger charge is 2.17. The van der Waals surface area contributed by atoms with Gasteiger partial charge in [-0.15, -0.1) is 0 Å². The van der Waals surface area contributed by atoms with Crippen molar-refractivity contribution in [3.05, 3.63) is 87.4 Å². The van der Waals surface area contributed by atoms with Crippen LogP contribution >= 0.6 is 23.2 Å². The van der Waals surface area contributed by atoms with E-state index in [1.807, 2.05) is 13.8 Å². The quantitative estimate of drug-likeness (QED) is 0.528. The Hall–Kier alpha value is -2.54. The predicted octanol–water partition coefficient (Wildman–Crippen LogP) is 5.66. The highest BCUT2D eigenvalue weighted by molar-refractivity contribution is 7.92. The summed E-state index contributed by atoms with van der Waals surface area (Å²) in [4.78, 5) is 12.6. The second kappa shape index (κ2) is 8.45. The number of carbonyl (C=O) groups excluding carboxylic acids is 1. The number of nitrogens with one attached hydrogen (secondary N) is 2. The van der Waals surface area contributed by atoms with Crippen LogP contribution in [0.25, 0.3) is 0 Å². The van der Waals surface area contributed by atoms with E-state index < -0.39 is 10.0 Å². The molecule has 29 heavy (non-hydrogen) atoms. The van der Waals surface area contributed by atoms with E-state index in [9.17, 15) is 13.2 Å². The molecule has 0 atom stereocenters. The molecule has 150 valence electrons. The first-order valence-corrected chi connectivity index (χ1v) is 10.9. The maximum atomic E-state index is 12.5. The molecule has 0 aliphatic carbocycles. The van der Waals surface area contributed by atoms with Crippen LogP contribution in [0.4, 0.5) is 11.4 Å². The van der Waals surface area contributed by atoms with E-state index in [4.69, 9.17) is 23.2 Å². The number of carbonyl (C=O) groups is 1. The predicted molar refractivity (Wildman–Crippen MR) is 118 cm³/mol. The van der Waals surface area contributed by atoms with Gasteiger partial charge in [-0.3, -0.25) is 9.52 Å². The lowest BCUT2D eigenvalue weighted by atomic mass is 10.1. The Labute approximate surface area is 179 Å². The van der Waals surface area contributed by atoms with Crippen molar-refractivity contribution < 1.29 is 13.2 Å². The Kier molecular flexibility index (Phi) is 6.17. The number of halogens is 2. The maximum Gasteiger partial charge on any atom is 0.261 e. The minimum absolute atomic E-state index is 0.107. The molecule has 0 radical (unpaired) electrons. The average molecular weight is 449 g/mol. The fourth-order valence-corrected chi connectivity index (χ4v) is 4.08. The standard InChI is InChI=1S/C21H18Cl2N2O3S/c1-13-3-8-17(9-4-13)29(27,28)25-20-10-6-15(11-19(20)23)21(26)24-16-7-5-14(2)18(22)12-16/h3-12,25H,1-2H3,(H,24,26). The van der Waals surface area contributed by atoms with Gasteiger partial charge in [0, 0.05) is 16.3 Å². The van der Waals surface area contributed by atoms with Crippen LogP contribution in [0.1, 0.15) is 21.5 Å². The topological polar surface area (TPSA) is 75.3 Å². The Morgan fingerprint density at radius 1 is 0.862 bits per heavy atom. The summed E-state index contributed by atoms with van der Waals surface area (Å²) in [6, 6.07) is 16.0. The van der Waals surface area contributed by atoms with Crippen molar-refractivity contribution in [3.63, 3.8) is 0 Å². The van der Waals surface area contributed by atoms with Crippen LogP contribution in [0, 0.1) is 13.8 Å². The molecule has 0 unspecified atom stereocenters. The average Bonchev–Trinajstić information content (AvgIpc) is 2.66. The number of anilines is 2. The van der Waals surface area contributed by atoms with E-state index >= 15 is 0 Å². The van der Waals surface area contributed by atoms with Crippen LogP contribution in [-0.4, -0.2) is 14.3 Å². The summed E-state index contributed by atoms with van der Waals surface area (Å²) in [5.41, 5.74) is 2.86. The number of hydrogen-bond donors (Lipinski definition) is 2. The minimum atomic E-state index is -3.79. The molecule has 2 N–H and O–H groups in total. The molecule has 1 amide bonds. The first kappa shape index (κ1) is 21.2. The fraction of sp³-hybridized carbons (Fsp3) is 0.0952. The van der Waals surface area contributed by atoms with Crippen molar-refractivity contribution in [2.45, 2.75) is 18.7 Å². The Morgan fingerprint density at radius 3 is 2.17 bits per heavy atom. The lowest BCUT2D eigenvalue weighted by Crippen LogP contribution is -2.15. The highest BCUT2D eigenvalue weighted by atomic mass is 35.5. The normalized spacial score (nSPS) is 11.2. The zero-order valence-corrected chi connectivity index (χ0v) is 18.0. The summed E-state index contributed by atoms with van der Waals surface area (Å²) < 4.78 is 27.5. The number of aryl methyl sites for hydroxylation is 2. The molecule has 3 aromatic carbocycles. The molecular weight excluding hydrogens is 431 g/mol. The Bertz CT molecular complexity index is 1180. The molecule has 0 saturated carbocycles. The summed E-state index contributed by atoms with van der Waals surface area (Å²) in [5, 5.41) is 3.38. The number of hydrogen-bond acceptors (Lipinski definition) is 3. The van der Waals surface area contributed by atoms with Gasteiger partial charge in [0.2, 0.25) is 0 Å². The third-order valence-electron chi connectivity index (χ3n) is 4.24. The molecule has 0 spiro atoms. The molecular formula is C21H18Cl2N2O3S. The first-order chi connectivity index (χ1) is 13.7. The number of sulfonamides is 1. The van der Waals surface area contributed by atoms with Crippen LogP contribution in [0.15, 0.2) is 65.6 Å². The Morgan fingerprint density at radius 2 is 1.55 bits per heavy atom. The van der Waals surface area contributed by atoms with Gasteiger partial charge in [-0.2, -0.15) is 0 Å². The minimum Gasteiger partial charge on any atom is -0.322 e. The van der Waals surface area contributed by atoms with Gasteiger partial charge in [0.15, 0.2) is 0 Å². The lowest BCUT2D eigenvalue weighted by molar-refractivity contribution is 0.102. The van der Waals surface area contributed by atoms with Crippen molar-refractivity contribution in [3.8, 4) is 0 Å². The molecule has 0 aliphatic rings. The monoisotopic (exact) mass is 448 g/mol. The van der Waals surface area contributed by atoms with E-state index in [1.165, 1.54) is 30.3 Å². The van der Waals surface area contributed by atoms with Crippen molar-refractivity contribution >= 4 is 50.5 Å². The van der Waals surface area contributed by atoms with Crippen LogP contribution in [0.2, 0.25) is 10.0 Å². The van der Waals surface area contributed by atoms with Gasteiger partial charge in [0.25, 0.3) is 15.9 Å². The summed E-state index contributed by atoms with van der Waals surface area (Å²) >= 11 is 12.3. The summed E-state index contributed by atoms with van der Waals surface area (Å²) in [6.45, 7) is 3.74. The van der Waals surface area contributed by atoms with Crippen LogP contribution in [-0.2, 0) is 10.0 Å². The van der Waals surface area contributed by atoms with E-state index in [0.29, 0.717) is 10.7 Å². The van der Waals surface area contributed by atoms with Crippen molar-refractivity contribution in [2.24, 2.45) is 0 Å². The molecule has 8 heteroatoms. The Balaban J connectivity index is 1.78. The smallest absolute Gasteiger partial charge is 0.261 e. The fourth-order valence-electron chi connectivity index (χ4n) is 2.53. The second-order valence-electron chi connectivity index (χ2n) is 6.53. The van der Waals surface area contributed by atoms with E-state index in [1.54, 1.807) is 30.3 Å². The molecule has 0 heterocycles. The summed E-state index contributed by atoms with van der Waals surface area (Å²) in [6.07, 6.45) is 0. The number of rotatable bonds is 5. The van der Waals surface area contributed by atoms with Gasteiger partial charge in [-0.25, -0.2) is 8.42 Å². The molecule has 0 fully saturated rings. The third kappa shape index (κ3) is 5.09. The second-order valence-corrected chi connectivity index (χ2v) is 9.03. The van der Waals surface area contributed by atoms with Crippen molar-refractivity contribution in [2.75, 3.05) is 10.0 Å². The number of amides is 1. The first-order valence-electron chi connectivity index (χ1n) is 8.62. The van der Waals surface area contributed by atoms with E-state index in [2.05, 4.69) is 10.0 Å². The number of benzene rings is 3. The van der Waals surface area contributed by atoms with Gasteiger partial charge < -0.3 is 5.32 Å². The van der Waals surface area contributed by atoms with Crippen molar-refractivity contribution in [1.29, 1.82) is 0 Å². The third-order valence-corrected chi connectivity index (χ3v) is 6.34. The van der Waals surface area contributed by atoms with Gasteiger partial charge in [0.1, 0.15) is 0 Å². The molecule has 0 aromatic heterocycles. The largest absolute Gasteiger partial charge is 0.322 e. The zero-order chi connectivity index (χ0) is 21.2. The summed E-state index contributed by atoms with van der Waals surface area (Å²) in [5.74, 6) is -0.389. The lowest BCUT2D eigenvalue weighted by Gasteiger charge is -2.12. The van der Waals surface area contributed by atoms with Crippen LogP contribution in [0.3, 0.4) is 0 Å². The van der Waals surface area contributed by atoms with Gasteiger partial charge >= 0.3 is 0 Å². The molecule has 5 nitrogen and oxygen atoms in total. The maximum absolute atomic E-state index is 12.5. The SMILES string of the molecule is Cc1ccc(S(=O)(=O)Nc2ccc(C(=O)Nc3ccc(C)c(Cl)c3)cc2Cl)cc1. The molecule has 0 saturated heterocycles. The highest BCUT2D eigenvalue weighted by Crippen LogP contribution is 2.27. The van der Waals surface area contributed by atoms with Crippen LogP contribution < -0.4 is 10.0 Å². The zero-order valence-electron chi connectivity index (χ0n) is 15.7. The van der Waals surface area contributed by atoms with E-state index in [0.717, 1.165) is 11.1 Å².